The number of benzene rings is 5. The van der Waals surface area contributed by atoms with Gasteiger partial charge in [-0.25, -0.2) is 18.0 Å². The van der Waals surface area contributed by atoms with Crippen LogP contribution in [0.4, 0.5) is 93.3 Å². The number of azo groups is 2. The molecule has 1 atom stereocenters. The van der Waals surface area contributed by atoms with Crippen LogP contribution in [0, 0.1) is 12.2 Å². The third kappa shape index (κ3) is 18.0. The standard InChI is InChI=1S/C45H43F2N19O17S5/c1-3-84(70,71)12-4-5-37(67)52-23-8-11-34(86(75,76)77)32(17-23)65-63-28-9-7-25(16-30(28)55-40(48)68)54-45-60-39(47)58-43(62-45)51-21(2)20-50-42-57-38(46)59-44(61-42)53-24-6-10-29(31(15-24)56-41(49)69)64-66-33-19-27-22(14-36(33)88(81,82)83)13-26(85(72,73)74)18-35(27)87(78,79)80/h3,6-11,13-19,21H,1,4-5,12,20H2,2H3,(H,52,67)(H3,48,55,68)(H3,49,56,69)(H,72,73,74)(H,75,76,77)(H,78,79,80)(H,81,82,83)(H2,50,53,57,59,61)(H2,51,54,58,60,62)/b65-63+,66-64+. The van der Waals surface area contributed by atoms with Crippen molar-refractivity contribution >= 4 is 154 Å². The number of carbonyl (C=O) groups is 3. The van der Waals surface area contributed by atoms with Gasteiger partial charge >= 0.3 is 24.2 Å². The first-order valence-corrected chi connectivity index (χ1v) is 31.4. The van der Waals surface area contributed by atoms with E-state index in [2.05, 4.69) is 94.2 Å². The first-order chi connectivity index (χ1) is 41.0. The Balaban J connectivity index is 1.04. The number of nitrogens with one attached hydrogen (secondary N) is 7. The number of anilines is 9. The van der Waals surface area contributed by atoms with Crippen molar-refractivity contribution in [1.29, 1.82) is 0 Å². The largest absolute Gasteiger partial charge is 0.352 e. The number of primary amides is 2. The number of nitrogens with zero attached hydrogens (tertiary/aromatic N) is 10. The normalized spacial score (nSPS) is 12.6. The van der Waals surface area contributed by atoms with Gasteiger partial charge in [0.1, 0.15) is 37.4 Å². The maximum absolute atomic E-state index is 14.9. The summed E-state index contributed by atoms with van der Waals surface area (Å²) in [4.78, 5) is 55.2. The molecule has 7 rings (SSSR count). The smallest absolute Gasteiger partial charge is 0.316 e. The van der Waals surface area contributed by atoms with Crippen molar-refractivity contribution in [2.75, 3.05) is 49.5 Å². The summed E-state index contributed by atoms with van der Waals surface area (Å²) in [5.41, 5.74) is 8.62. The molecule has 0 aliphatic heterocycles. The zero-order valence-corrected chi connectivity index (χ0v) is 48.3. The highest BCUT2D eigenvalue weighted by atomic mass is 32.2. The number of hydrogen-bond donors (Lipinski definition) is 13. The zero-order valence-electron chi connectivity index (χ0n) is 44.2. The Bertz CT molecular complexity index is 4650. The number of halogens is 2. The van der Waals surface area contributed by atoms with E-state index in [0.717, 1.165) is 35.7 Å². The molecule has 0 spiro atoms. The van der Waals surface area contributed by atoms with Gasteiger partial charge in [0.05, 0.1) is 22.0 Å². The molecular weight excluding hydrogens is 1280 g/mol. The van der Waals surface area contributed by atoms with Crippen LogP contribution >= 0.6 is 0 Å². The molecule has 0 fully saturated rings. The summed E-state index contributed by atoms with van der Waals surface area (Å²) in [7, 11) is -24.2. The summed E-state index contributed by atoms with van der Waals surface area (Å²) in [6.45, 7) is 4.61. The molecule has 5 aromatic carbocycles. The third-order valence-electron chi connectivity index (χ3n) is 11.1. The van der Waals surface area contributed by atoms with Crippen LogP contribution in [0.15, 0.2) is 131 Å². The molecule has 2 heterocycles. The van der Waals surface area contributed by atoms with Crippen molar-refractivity contribution in [2.24, 2.45) is 31.9 Å². The number of carbonyl (C=O) groups excluding carboxylic acids is 3. The Morgan fingerprint density at radius 2 is 1.06 bits per heavy atom. The van der Waals surface area contributed by atoms with Crippen molar-refractivity contribution in [1.82, 2.24) is 29.9 Å². The first-order valence-electron chi connectivity index (χ1n) is 23.9. The van der Waals surface area contributed by atoms with Crippen LogP contribution in [0.1, 0.15) is 19.8 Å². The van der Waals surface area contributed by atoms with E-state index in [1.54, 1.807) is 6.92 Å². The molecule has 43 heteroatoms. The molecule has 0 aliphatic carbocycles. The van der Waals surface area contributed by atoms with Gasteiger partial charge in [-0.1, -0.05) is 6.58 Å². The number of amides is 5. The highest BCUT2D eigenvalue weighted by Gasteiger charge is 2.26. The lowest BCUT2D eigenvalue weighted by Gasteiger charge is -2.16. The first kappa shape index (κ1) is 65.5. The lowest BCUT2D eigenvalue weighted by Crippen LogP contribution is -2.27. The molecule has 0 saturated carbocycles. The van der Waals surface area contributed by atoms with Gasteiger partial charge in [-0.2, -0.15) is 72.4 Å². The minimum atomic E-state index is -5.28. The number of urea groups is 2. The molecule has 0 saturated heterocycles. The lowest BCUT2D eigenvalue weighted by molar-refractivity contribution is -0.116. The number of fused-ring (bicyclic) bond motifs is 1. The predicted octanol–water partition coefficient (Wildman–Crippen LogP) is 5.96. The Labute approximate surface area is 494 Å². The molecule has 88 heavy (non-hydrogen) atoms. The minimum absolute atomic E-state index is 0.00463. The molecule has 36 nitrogen and oxygen atoms in total. The van der Waals surface area contributed by atoms with Gasteiger partial charge in [0.2, 0.25) is 29.7 Å². The molecule has 2 aromatic heterocycles. The molecule has 1 unspecified atom stereocenters. The average molecular weight is 1320 g/mol. The van der Waals surface area contributed by atoms with Gasteiger partial charge in [-0.05, 0) is 97.6 Å². The number of sulfone groups is 1. The van der Waals surface area contributed by atoms with Crippen LogP contribution in [0.5, 0.6) is 0 Å². The summed E-state index contributed by atoms with van der Waals surface area (Å²) >= 11 is 0. The van der Waals surface area contributed by atoms with Crippen molar-refractivity contribution < 1.29 is 83.5 Å². The van der Waals surface area contributed by atoms with E-state index in [4.69, 9.17) is 11.5 Å². The Morgan fingerprint density at radius 3 is 1.57 bits per heavy atom. The second-order valence-corrected chi connectivity index (χ2v) is 25.4. The molecule has 0 aliphatic rings. The van der Waals surface area contributed by atoms with Crippen LogP contribution < -0.4 is 48.7 Å². The van der Waals surface area contributed by atoms with Crippen molar-refractivity contribution in [3.05, 3.63) is 103 Å². The van der Waals surface area contributed by atoms with Gasteiger partial charge in [0, 0.05) is 46.9 Å². The number of hydrogen-bond acceptors (Lipinski definition) is 27. The second kappa shape index (κ2) is 26.3. The van der Waals surface area contributed by atoms with Gasteiger partial charge < -0.3 is 48.7 Å². The maximum atomic E-state index is 14.9. The molecular formula is C45H43F2N19O17S5. The molecule has 5 amide bonds. The average Bonchev–Trinajstić information content (AvgIpc) is 1.22. The van der Waals surface area contributed by atoms with Gasteiger partial charge in [-0.3, -0.25) is 23.0 Å². The van der Waals surface area contributed by atoms with Crippen LogP contribution in [-0.2, 0) is 55.1 Å². The molecule has 7 aromatic rings. The topological polar surface area (TPSA) is 566 Å². The monoisotopic (exact) mass is 1320 g/mol. The highest BCUT2D eigenvalue weighted by Crippen LogP contribution is 2.39. The van der Waals surface area contributed by atoms with Gasteiger partial charge in [0.15, 0.2) is 9.84 Å². The maximum Gasteiger partial charge on any atom is 0.316 e. The molecule has 0 bridgehead atoms. The fourth-order valence-electron chi connectivity index (χ4n) is 7.41. The van der Waals surface area contributed by atoms with E-state index in [1.165, 1.54) is 24.3 Å². The summed E-state index contributed by atoms with van der Waals surface area (Å²) in [6.07, 6.45) is -2.91. The van der Waals surface area contributed by atoms with Crippen molar-refractivity contribution in [3.63, 3.8) is 0 Å². The van der Waals surface area contributed by atoms with E-state index in [0.29, 0.717) is 24.3 Å². The fourth-order valence-corrected chi connectivity index (χ4v) is 10.7. The second-order valence-electron chi connectivity index (χ2n) is 17.8. The van der Waals surface area contributed by atoms with Gasteiger partial charge in [0.25, 0.3) is 40.5 Å². The third-order valence-corrected chi connectivity index (χ3v) is 16.0. The molecule has 0 radical (unpaired) electrons. The SMILES string of the molecule is C=CS(=O)(=O)CCCC(=O)Nc1ccc(S(=O)(=O)O)c(/N=N/c2ccc(Nc3nc(F)nc(NC(C)CNc4nc(F)nc(Nc5ccc(/N=N/c6cc7c(S(=O)(=O)O)cc(S(=O)(=O)O)cc7cc6S(=O)(=O)O)c(NC(N)=O)c5)n4)n3)cc2NC(N)=O)c1. The van der Waals surface area contributed by atoms with E-state index in [9.17, 15) is 83.5 Å². The summed E-state index contributed by atoms with van der Waals surface area (Å²) in [5.74, 6) is -2.55. The highest BCUT2D eigenvalue weighted by molar-refractivity contribution is 7.94. The fraction of sp³-hybridized carbons (Fsp3) is 0.133. The number of rotatable bonds is 25. The molecule has 464 valence electrons. The van der Waals surface area contributed by atoms with Gasteiger partial charge in [-0.15, -0.1) is 20.5 Å². The number of aromatic nitrogens is 6. The Morgan fingerprint density at radius 1 is 0.568 bits per heavy atom. The summed E-state index contributed by atoms with van der Waals surface area (Å²) in [6, 6.07) is 9.67. The molecule has 15 N–H and O–H groups in total. The van der Waals surface area contributed by atoms with E-state index >= 15 is 0 Å². The van der Waals surface area contributed by atoms with E-state index in [1.807, 2.05) is 0 Å². The number of nitrogens with two attached hydrogens (primary N) is 2. The van der Waals surface area contributed by atoms with E-state index < -0.39 is 140 Å². The van der Waals surface area contributed by atoms with Crippen LogP contribution in [0.3, 0.4) is 0 Å². The van der Waals surface area contributed by atoms with E-state index in [-0.39, 0.29) is 76.8 Å². The van der Waals surface area contributed by atoms with Crippen molar-refractivity contribution in [2.45, 2.75) is 45.4 Å². The summed E-state index contributed by atoms with van der Waals surface area (Å²) < 4.78 is 190. The quantitative estimate of drug-likeness (QED) is 0.0232. The zero-order chi connectivity index (χ0) is 64.7. The Kier molecular flexibility index (Phi) is 19.6. The predicted molar refractivity (Wildman–Crippen MR) is 307 cm³/mol. The lowest BCUT2D eigenvalue weighted by atomic mass is 10.1. The summed E-state index contributed by atoms with van der Waals surface area (Å²) in [5, 5.41) is 33.0. The minimum Gasteiger partial charge on any atom is -0.352 e. The van der Waals surface area contributed by atoms with Crippen LogP contribution in [0.25, 0.3) is 10.8 Å². The van der Waals surface area contributed by atoms with Crippen molar-refractivity contribution in [3.8, 4) is 0 Å². The van der Waals surface area contributed by atoms with Crippen LogP contribution in [-0.4, -0.2) is 127 Å². The van der Waals surface area contributed by atoms with Crippen LogP contribution in [0.2, 0.25) is 0 Å². The Hall–Kier alpha value is -10.0.